The molecular formula is C13H24O2S2. The van der Waals surface area contributed by atoms with Crippen LogP contribution in [0.25, 0.3) is 0 Å². The fourth-order valence-corrected chi connectivity index (χ4v) is 4.57. The van der Waals surface area contributed by atoms with Crippen LogP contribution in [0.5, 0.6) is 0 Å². The van der Waals surface area contributed by atoms with Crippen LogP contribution in [0.3, 0.4) is 0 Å². The predicted molar refractivity (Wildman–Crippen MR) is 79.7 cm³/mol. The number of ketones is 1. The number of unbranched alkanes of at least 4 members (excludes halogenated alkanes) is 1. The Balaban J connectivity index is 0.00000121. The first-order chi connectivity index (χ1) is 8.33. The smallest absolute Gasteiger partial charge is 0.158 e. The molecule has 0 bridgehead atoms. The molecule has 0 amide bonds. The van der Waals surface area contributed by atoms with Crippen molar-refractivity contribution < 1.29 is 9.53 Å². The lowest BCUT2D eigenvalue weighted by molar-refractivity contribution is -0.123. The Bertz CT molecular complexity index is 192. The predicted octanol–water partition coefficient (Wildman–Crippen LogP) is 4.11. The monoisotopic (exact) mass is 276 g/mol. The van der Waals surface area contributed by atoms with Gasteiger partial charge in [-0.3, -0.25) is 4.79 Å². The highest BCUT2D eigenvalue weighted by atomic mass is 33.1. The molecular weight excluding hydrogens is 252 g/mol. The third-order valence-corrected chi connectivity index (χ3v) is 5.43. The van der Waals surface area contributed by atoms with E-state index in [1.165, 1.54) is 25.0 Å². The van der Waals surface area contributed by atoms with E-state index in [1.807, 2.05) is 28.5 Å². The lowest BCUT2D eigenvalue weighted by Gasteiger charge is -2.06. The van der Waals surface area contributed by atoms with Gasteiger partial charge in [0.1, 0.15) is 6.61 Å². The van der Waals surface area contributed by atoms with Crippen molar-refractivity contribution in [2.24, 2.45) is 0 Å². The maximum Gasteiger partial charge on any atom is 0.158 e. The lowest BCUT2D eigenvalue weighted by Crippen LogP contribution is -2.08. The second kappa shape index (κ2) is 12.5. The second-order valence-electron chi connectivity index (χ2n) is 3.75. The van der Waals surface area contributed by atoms with Crippen LogP contribution in [-0.2, 0) is 9.53 Å². The molecule has 0 radical (unpaired) electrons. The standard InChI is InChI=1S/C11H20O2S2.C2H4/c1-2-13-9-10(12)5-3-4-6-11-7-8-14-15-11;1-2/h11H,2-9H2,1H3;1-2H2. The molecule has 100 valence electrons. The van der Waals surface area contributed by atoms with Gasteiger partial charge in [0.15, 0.2) is 5.78 Å². The number of carbonyl (C=O) groups excluding carboxylic acids is 1. The van der Waals surface area contributed by atoms with Crippen LogP contribution in [0, 0.1) is 0 Å². The molecule has 0 aromatic carbocycles. The molecule has 4 heteroatoms. The summed E-state index contributed by atoms with van der Waals surface area (Å²) in [6, 6.07) is 0. The van der Waals surface area contributed by atoms with Crippen LogP contribution in [0.2, 0.25) is 0 Å². The molecule has 0 saturated carbocycles. The average Bonchev–Trinajstić information content (AvgIpc) is 2.87. The Morgan fingerprint density at radius 1 is 1.41 bits per heavy atom. The molecule has 1 aliphatic rings. The largest absolute Gasteiger partial charge is 0.374 e. The highest BCUT2D eigenvalue weighted by molar-refractivity contribution is 8.77. The van der Waals surface area contributed by atoms with Gasteiger partial charge in [-0.1, -0.05) is 28.0 Å². The fraction of sp³-hybridized carbons (Fsp3) is 0.769. The highest BCUT2D eigenvalue weighted by Crippen LogP contribution is 2.39. The number of hydrogen-bond donors (Lipinski definition) is 0. The Kier molecular flexibility index (Phi) is 12.6. The van der Waals surface area contributed by atoms with E-state index in [9.17, 15) is 4.79 Å². The molecule has 1 unspecified atom stereocenters. The molecule has 0 aliphatic carbocycles. The van der Waals surface area contributed by atoms with Gasteiger partial charge in [-0.25, -0.2) is 0 Å². The van der Waals surface area contributed by atoms with Gasteiger partial charge in [0.2, 0.25) is 0 Å². The minimum absolute atomic E-state index is 0.255. The number of carbonyl (C=O) groups is 1. The van der Waals surface area contributed by atoms with Crippen LogP contribution in [0.4, 0.5) is 0 Å². The Morgan fingerprint density at radius 2 is 2.18 bits per heavy atom. The lowest BCUT2D eigenvalue weighted by atomic mass is 10.1. The summed E-state index contributed by atoms with van der Waals surface area (Å²) in [6.07, 6.45) is 5.55. The first-order valence-electron chi connectivity index (χ1n) is 6.20. The third kappa shape index (κ3) is 9.74. The van der Waals surface area contributed by atoms with Gasteiger partial charge in [-0.2, -0.15) is 0 Å². The normalized spacial score (nSPS) is 18.5. The molecule has 2 nitrogen and oxygen atoms in total. The second-order valence-corrected chi connectivity index (χ2v) is 6.54. The van der Waals surface area contributed by atoms with E-state index in [4.69, 9.17) is 4.74 Å². The van der Waals surface area contributed by atoms with Gasteiger partial charge < -0.3 is 4.74 Å². The van der Waals surface area contributed by atoms with E-state index in [1.54, 1.807) is 0 Å². The Morgan fingerprint density at radius 3 is 2.76 bits per heavy atom. The molecule has 1 aliphatic heterocycles. The zero-order valence-electron chi connectivity index (χ0n) is 10.8. The topological polar surface area (TPSA) is 26.3 Å². The van der Waals surface area contributed by atoms with Crippen LogP contribution >= 0.6 is 21.6 Å². The maximum atomic E-state index is 11.3. The van der Waals surface area contributed by atoms with Crippen molar-refractivity contribution in [3.05, 3.63) is 13.2 Å². The van der Waals surface area contributed by atoms with E-state index >= 15 is 0 Å². The molecule has 0 aromatic heterocycles. The number of ether oxygens (including phenoxy) is 1. The quantitative estimate of drug-likeness (QED) is 0.379. The van der Waals surface area contributed by atoms with Crippen LogP contribution in [0.15, 0.2) is 13.2 Å². The zero-order chi connectivity index (χ0) is 12.9. The summed E-state index contributed by atoms with van der Waals surface area (Å²) in [5.41, 5.74) is 0. The van der Waals surface area contributed by atoms with Crippen molar-refractivity contribution in [3.63, 3.8) is 0 Å². The third-order valence-electron chi connectivity index (χ3n) is 2.43. The molecule has 1 atom stereocenters. The summed E-state index contributed by atoms with van der Waals surface area (Å²) in [6.45, 7) is 8.87. The van der Waals surface area contributed by atoms with Gasteiger partial charge in [-0.05, 0) is 26.2 Å². The van der Waals surface area contributed by atoms with Crippen LogP contribution < -0.4 is 0 Å². The number of Topliss-reactive ketones (excluding diaryl/α,β-unsaturated/α-hetero) is 1. The summed E-state index contributed by atoms with van der Waals surface area (Å²) in [5, 5.41) is 0.844. The summed E-state index contributed by atoms with van der Waals surface area (Å²) in [7, 11) is 4.01. The number of rotatable bonds is 8. The SMILES string of the molecule is C=C.CCOCC(=O)CCCCC1CCSS1. The summed E-state index contributed by atoms with van der Waals surface area (Å²) >= 11 is 0. The van der Waals surface area contributed by atoms with Crippen LogP contribution in [0.1, 0.15) is 39.0 Å². The Labute approximate surface area is 113 Å². The molecule has 1 rings (SSSR count). The maximum absolute atomic E-state index is 11.3. The molecule has 1 heterocycles. The zero-order valence-corrected chi connectivity index (χ0v) is 12.4. The average molecular weight is 276 g/mol. The van der Waals surface area contributed by atoms with Crippen molar-refractivity contribution in [3.8, 4) is 0 Å². The van der Waals surface area contributed by atoms with E-state index in [2.05, 4.69) is 13.2 Å². The first kappa shape index (κ1) is 17.1. The van der Waals surface area contributed by atoms with Gasteiger partial charge in [-0.15, -0.1) is 13.2 Å². The van der Waals surface area contributed by atoms with Crippen molar-refractivity contribution in [2.75, 3.05) is 19.0 Å². The molecule has 17 heavy (non-hydrogen) atoms. The van der Waals surface area contributed by atoms with E-state index in [0.29, 0.717) is 19.6 Å². The molecule has 0 aromatic rings. The van der Waals surface area contributed by atoms with E-state index < -0.39 is 0 Å². The van der Waals surface area contributed by atoms with Crippen LogP contribution in [-0.4, -0.2) is 30.0 Å². The van der Waals surface area contributed by atoms with Crippen molar-refractivity contribution in [1.29, 1.82) is 0 Å². The summed E-state index contributed by atoms with van der Waals surface area (Å²) < 4.78 is 5.07. The minimum Gasteiger partial charge on any atom is -0.374 e. The molecule has 0 spiro atoms. The van der Waals surface area contributed by atoms with E-state index in [0.717, 1.165) is 11.7 Å². The van der Waals surface area contributed by atoms with Gasteiger partial charge in [0, 0.05) is 24.0 Å². The van der Waals surface area contributed by atoms with E-state index in [-0.39, 0.29) is 5.78 Å². The van der Waals surface area contributed by atoms with Gasteiger partial charge >= 0.3 is 0 Å². The summed E-state index contributed by atoms with van der Waals surface area (Å²) in [4.78, 5) is 11.3. The molecule has 1 saturated heterocycles. The molecule has 0 N–H and O–H groups in total. The van der Waals surface area contributed by atoms with Crippen molar-refractivity contribution in [2.45, 2.75) is 44.3 Å². The van der Waals surface area contributed by atoms with Crippen molar-refractivity contribution in [1.82, 2.24) is 0 Å². The van der Waals surface area contributed by atoms with Gasteiger partial charge in [0.05, 0.1) is 0 Å². The first-order valence-corrected chi connectivity index (χ1v) is 8.59. The minimum atomic E-state index is 0.255. The summed E-state index contributed by atoms with van der Waals surface area (Å²) in [5.74, 6) is 1.56. The highest BCUT2D eigenvalue weighted by Gasteiger charge is 2.15. The molecule has 1 fully saturated rings. The number of hydrogen-bond acceptors (Lipinski definition) is 4. The van der Waals surface area contributed by atoms with Crippen molar-refractivity contribution >= 4 is 27.4 Å². The fourth-order valence-electron chi connectivity index (χ4n) is 1.55. The van der Waals surface area contributed by atoms with Gasteiger partial charge in [0.25, 0.3) is 0 Å². The Hall–Kier alpha value is 0.0700.